The van der Waals surface area contributed by atoms with E-state index in [2.05, 4.69) is 0 Å². The number of rotatable bonds is 1. The minimum atomic E-state index is -0.360. The summed E-state index contributed by atoms with van der Waals surface area (Å²) in [6.45, 7) is 0. The molecule has 0 aliphatic rings. The first-order chi connectivity index (χ1) is 7.16. The van der Waals surface area contributed by atoms with Crippen LogP contribution < -0.4 is 5.56 Å². The first-order valence-corrected chi connectivity index (χ1v) is 4.34. The molecule has 2 aromatic rings. The normalized spacial score (nSPS) is 10.2. The van der Waals surface area contributed by atoms with E-state index in [1.165, 1.54) is 41.1 Å². The summed E-state index contributed by atoms with van der Waals surface area (Å²) in [6.07, 6.45) is 1.44. The summed E-state index contributed by atoms with van der Waals surface area (Å²) in [7, 11) is 0. The van der Waals surface area contributed by atoms with Gasteiger partial charge in [-0.15, -0.1) is 0 Å². The van der Waals surface area contributed by atoms with Crippen LogP contribution in [0.25, 0.3) is 5.69 Å². The van der Waals surface area contributed by atoms with Crippen molar-refractivity contribution < 1.29 is 9.50 Å². The van der Waals surface area contributed by atoms with Crippen LogP contribution in [0.2, 0.25) is 0 Å². The molecule has 3 nitrogen and oxygen atoms in total. The molecule has 0 aliphatic heterocycles. The van der Waals surface area contributed by atoms with E-state index in [1.807, 2.05) is 0 Å². The topological polar surface area (TPSA) is 42.2 Å². The predicted octanol–water partition coefficient (Wildman–Crippen LogP) is 1.68. The van der Waals surface area contributed by atoms with Crippen molar-refractivity contribution in [1.29, 1.82) is 0 Å². The summed E-state index contributed by atoms with van der Waals surface area (Å²) < 4.78 is 14.0. The molecule has 0 saturated heterocycles. The Bertz CT molecular complexity index is 531. The van der Waals surface area contributed by atoms with Gasteiger partial charge in [0.25, 0.3) is 5.56 Å². The highest BCUT2D eigenvalue weighted by molar-refractivity contribution is 5.33. The maximum Gasteiger partial charge on any atom is 0.258 e. The molecule has 0 spiro atoms. The highest BCUT2D eigenvalue weighted by Gasteiger charge is 2.00. The van der Waals surface area contributed by atoms with Gasteiger partial charge in [-0.05, 0) is 30.3 Å². The molecule has 1 heterocycles. The molecule has 0 aliphatic carbocycles. The van der Waals surface area contributed by atoms with Crippen LogP contribution >= 0.6 is 0 Å². The highest BCUT2D eigenvalue weighted by Crippen LogP contribution is 2.08. The van der Waals surface area contributed by atoms with Crippen molar-refractivity contribution in [3.8, 4) is 11.4 Å². The minimum Gasteiger partial charge on any atom is -0.508 e. The van der Waals surface area contributed by atoms with Crippen LogP contribution in [-0.2, 0) is 0 Å². The van der Waals surface area contributed by atoms with Crippen LogP contribution in [0.15, 0.2) is 47.4 Å². The summed E-state index contributed by atoms with van der Waals surface area (Å²) >= 11 is 0. The Labute approximate surface area is 85.0 Å². The Kier molecular flexibility index (Phi) is 2.25. The van der Waals surface area contributed by atoms with Gasteiger partial charge in [-0.2, -0.15) is 0 Å². The summed E-state index contributed by atoms with van der Waals surface area (Å²) in [5.41, 5.74) is 0.197. The molecule has 0 saturated carbocycles. The van der Waals surface area contributed by atoms with Gasteiger partial charge in [0.15, 0.2) is 0 Å². The van der Waals surface area contributed by atoms with Gasteiger partial charge in [0.2, 0.25) is 0 Å². The Morgan fingerprint density at radius 3 is 2.40 bits per heavy atom. The van der Waals surface area contributed by atoms with Crippen molar-refractivity contribution in [2.24, 2.45) is 0 Å². The summed E-state index contributed by atoms with van der Waals surface area (Å²) in [5.74, 6) is -0.441. The molecule has 76 valence electrons. The fraction of sp³-hybridized carbons (Fsp3) is 0. The van der Waals surface area contributed by atoms with Crippen molar-refractivity contribution in [3.05, 3.63) is 58.8 Å². The van der Waals surface area contributed by atoms with Crippen molar-refractivity contribution in [1.82, 2.24) is 4.57 Å². The Balaban J connectivity index is 2.55. The van der Waals surface area contributed by atoms with Crippen LogP contribution in [0.5, 0.6) is 5.75 Å². The largest absolute Gasteiger partial charge is 0.508 e. The second-order valence-corrected chi connectivity index (χ2v) is 3.07. The molecule has 4 heteroatoms. The smallest absolute Gasteiger partial charge is 0.258 e. The monoisotopic (exact) mass is 205 g/mol. The molecule has 0 bridgehead atoms. The summed E-state index contributed by atoms with van der Waals surface area (Å²) in [4.78, 5) is 11.4. The zero-order valence-electron chi connectivity index (χ0n) is 7.72. The second-order valence-electron chi connectivity index (χ2n) is 3.07. The van der Waals surface area contributed by atoms with Gasteiger partial charge < -0.3 is 5.11 Å². The maximum atomic E-state index is 12.6. The minimum absolute atomic E-state index is 0.0849. The standard InChI is InChI=1S/C11H8FNO2/c12-8-1-3-9(4-2-8)13-6-5-10(14)7-11(13)15/h1-7,14H. The molecule has 0 unspecified atom stereocenters. The third-order valence-electron chi connectivity index (χ3n) is 2.01. The molecule has 1 aromatic carbocycles. The van der Waals surface area contributed by atoms with E-state index in [-0.39, 0.29) is 17.1 Å². The number of pyridine rings is 1. The first-order valence-electron chi connectivity index (χ1n) is 4.34. The van der Waals surface area contributed by atoms with Gasteiger partial charge in [0.1, 0.15) is 11.6 Å². The van der Waals surface area contributed by atoms with E-state index >= 15 is 0 Å². The molecule has 0 atom stereocenters. The summed E-state index contributed by atoms with van der Waals surface area (Å²) in [5, 5.41) is 9.06. The lowest BCUT2D eigenvalue weighted by molar-refractivity contribution is 0.473. The lowest BCUT2D eigenvalue weighted by atomic mass is 10.3. The van der Waals surface area contributed by atoms with Crippen LogP contribution in [0, 0.1) is 5.82 Å². The van der Waals surface area contributed by atoms with E-state index in [0.717, 1.165) is 6.07 Å². The Morgan fingerprint density at radius 1 is 1.13 bits per heavy atom. The van der Waals surface area contributed by atoms with Crippen molar-refractivity contribution in [2.75, 3.05) is 0 Å². The number of aromatic nitrogens is 1. The third-order valence-corrected chi connectivity index (χ3v) is 2.01. The number of hydrogen-bond donors (Lipinski definition) is 1. The van der Waals surface area contributed by atoms with E-state index < -0.39 is 0 Å². The molecule has 0 amide bonds. The van der Waals surface area contributed by atoms with Gasteiger partial charge in [-0.1, -0.05) is 0 Å². The quantitative estimate of drug-likeness (QED) is 0.769. The van der Waals surface area contributed by atoms with Crippen molar-refractivity contribution in [3.63, 3.8) is 0 Å². The lowest BCUT2D eigenvalue weighted by Gasteiger charge is -2.04. The SMILES string of the molecule is O=c1cc(O)ccn1-c1ccc(F)cc1. The zero-order chi connectivity index (χ0) is 10.8. The van der Waals surface area contributed by atoms with Gasteiger partial charge >= 0.3 is 0 Å². The molecule has 1 N–H and O–H groups in total. The third kappa shape index (κ3) is 1.88. The predicted molar refractivity (Wildman–Crippen MR) is 53.7 cm³/mol. The van der Waals surface area contributed by atoms with Gasteiger partial charge in [-0.25, -0.2) is 4.39 Å². The molecule has 2 rings (SSSR count). The molecular weight excluding hydrogens is 197 g/mol. The number of hydrogen-bond acceptors (Lipinski definition) is 2. The van der Waals surface area contributed by atoms with Crippen LogP contribution in [0.1, 0.15) is 0 Å². The Hall–Kier alpha value is -2.10. The fourth-order valence-corrected chi connectivity index (χ4v) is 1.28. The number of halogens is 1. The van der Waals surface area contributed by atoms with E-state index in [0.29, 0.717) is 5.69 Å². The van der Waals surface area contributed by atoms with Crippen molar-refractivity contribution in [2.45, 2.75) is 0 Å². The van der Waals surface area contributed by atoms with Crippen LogP contribution in [-0.4, -0.2) is 9.67 Å². The van der Waals surface area contributed by atoms with E-state index in [4.69, 9.17) is 5.11 Å². The number of nitrogens with zero attached hydrogens (tertiary/aromatic N) is 1. The molecule has 0 fully saturated rings. The Morgan fingerprint density at radius 2 is 1.80 bits per heavy atom. The van der Waals surface area contributed by atoms with E-state index in [1.54, 1.807) is 0 Å². The van der Waals surface area contributed by atoms with Gasteiger partial charge in [0, 0.05) is 18.0 Å². The van der Waals surface area contributed by atoms with Crippen molar-refractivity contribution >= 4 is 0 Å². The molecule has 15 heavy (non-hydrogen) atoms. The molecular formula is C11H8FNO2. The molecule has 1 aromatic heterocycles. The average molecular weight is 205 g/mol. The van der Waals surface area contributed by atoms with E-state index in [9.17, 15) is 9.18 Å². The van der Waals surface area contributed by atoms with Crippen LogP contribution in [0.4, 0.5) is 4.39 Å². The summed E-state index contributed by atoms with van der Waals surface area (Å²) in [6, 6.07) is 8.03. The first kappa shape index (κ1) is 9.45. The lowest BCUT2D eigenvalue weighted by Crippen LogP contribution is -2.15. The molecule has 0 radical (unpaired) electrons. The highest BCUT2D eigenvalue weighted by atomic mass is 19.1. The van der Waals surface area contributed by atoms with Gasteiger partial charge in [0.05, 0.1) is 0 Å². The number of aromatic hydroxyl groups is 1. The maximum absolute atomic E-state index is 12.6. The average Bonchev–Trinajstić information content (AvgIpc) is 2.20. The van der Waals surface area contributed by atoms with Crippen LogP contribution in [0.3, 0.4) is 0 Å². The fourth-order valence-electron chi connectivity index (χ4n) is 1.28. The van der Waals surface area contributed by atoms with Gasteiger partial charge in [-0.3, -0.25) is 9.36 Å². The second kappa shape index (κ2) is 3.57. The number of benzene rings is 1. The zero-order valence-corrected chi connectivity index (χ0v) is 7.72.